The molecule has 10 heteroatoms. The summed E-state index contributed by atoms with van der Waals surface area (Å²) in [7, 11) is 0.800. The van der Waals surface area contributed by atoms with Crippen LogP contribution in [0.2, 0.25) is 0 Å². The van der Waals surface area contributed by atoms with E-state index in [1.165, 1.54) is 0 Å². The summed E-state index contributed by atoms with van der Waals surface area (Å²) in [4.78, 5) is 11.1. The van der Waals surface area contributed by atoms with Gasteiger partial charge in [0.05, 0.1) is 45.9 Å². The molecule has 0 aromatic heterocycles. The summed E-state index contributed by atoms with van der Waals surface area (Å²) in [5.74, 6) is 1.68. The van der Waals surface area contributed by atoms with Crippen molar-refractivity contribution in [3.8, 4) is 28.7 Å². The van der Waals surface area contributed by atoms with Crippen molar-refractivity contribution in [2.24, 2.45) is 0 Å². The van der Waals surface area contributed by atoms with Gasteiger partial charge in [-0.15, -0.1) is 0 Å². The fraction of sp³-hybridized carbons (Fsp3) is 0.406. The van der Waals surface area contributed by atoms with Gasteiger partial charge in [-0.3, -0.25) is 0 Å². The number of carbonyl (C=O) groups is 1. The van der Waals surface area contributed by atoms with Crippen molar-refractivity contribution in [2.45, 2.75) is 56.3 Å². The van der Waals surface area contributed by atoms with Gasteiger partial charge in [0.25, 0.3) is 0 Å². The molecule has 0 amide bonds. The summed E-state index contributed by atoms with van der Waals surface area (Å²) in [5.41, 5.74) is 2.44. The summed E-state index contributed by atoms with van der Waals surface area (Å²) >= 11 is 0. The van der Waals surface area contributed by atoms with Crippen LogP contribution in [0.5, 0.6) is 28.7 Å². The molecule has 2 unspecified atom stereocenters. The summed E-state index contributed by atoms with van der Waals surface area (Å²) in [6.07, 6.45) is 1.78. The zero-order chi connectivity index (χ0) is 30.1. The molecule has 2 atom stereocenters. The van der Waals surface area contributed by atoms with E-state index in [4.69, 9.17) is 28.4 Å². The minimum absolute atomic E-state index is 0.00167. The van der Waals surface area contributed by atoms with E-state index in [0.29, 0.717) is 60.7 Å². The van der Waals surface area contributed by atoms with Crippen LogP contribution in [0, 0.1) is 0 Å². The number of hydrogen-bond acceptors (Lipinski definition) is 9. The molecule has 0 radical (unpaired) electrons. The molecule has 1 saturated heterocycles. The van der Waals surface area contributed by atoms with Gasteiger partial charge >= 0.3 is 0 Å². The van der Waals surface area contributed by atoms with E-state index < -0.39 is 15.9 Å². The zero-order valence-corrected chi connectivity index (χ0v) is 25.3. The van der Waals surface area contributed by atoms with E-state index in [0.717, 1.165) is 11.1 Å². The maximum Gasteiger partial charge on any atom is 0.203 e. The fourth-order valence-corrected chi connectivity index (χ4v) is 6.31. The van der Waals surface area contributed by atoms with Gasteiger partial charge in [0.1, 0.15) is 17.8 Å². The molecule has 1 aliphatic heterocycles. The van der Waals surface area contributed by atoms with E-state index in [1.807, 2.05) is 49.4 Å². The van der Waals surface area contributed by atoms with E-state index in [1.54, 1.807) is 33.5 Å². The van der Waals surface area contributed by atoms with Crippen molar-refractivity contribution in [1.82, 2.24) is 0 Å². The lowest BCUT2D eigenvalue weighted by molar-refractivity contribution is -0.107. The summed E-state index contributed by atoms with van der Waals surface area (Å²) in [5, 5.41) is 0. The number of benzene rings is 3. The first kappa shape index (κ1) is 31.2. The number of hydrogen-bond donors (Lipinski definition) is 0. The first-order chi connectivity index (χ1) is 20.3. The molecule has 1 aliphatic rings. The molecule has 0 N–H and O–H groups in total. The molecule has 0 spiro atoms. The lowest BCUT2D eigenvalue weighted by atomic mass is 10.0. The lowest BCUT2D eigenvalue weighted by Gasteiger charge is -2.21. The van der Waals surface area contributed by atoms with Crippen LogP contribution in [0.25, 0.3) is 0 Å². The third-order valence-electron chi connectivity index (χ3n) is 7.02. The molecule has 3 aromatic carbocycles. The summed E-state index contributed by atoms with van der Waals surface area (Å²) < 4.78 is 62.1. The van der Waals surface area contributed by atoms with Crippen molar-refractivity contribution < 1.29 is 41.6 Å². The van der Waals surface area contributed by atoms with Crippen LogP contribution in [0.1, 0.15) is 61.5 Å². The Morgan fingerprint density at radius 3 is 2.02 bits per heavy atom. The molecule has 3 aromatic rings. The average Bonchev–Trinajstić information content (AvgIpc) is 3.52. The Kier molecular flexibility index (Phi) is 10.7. The van der Waals surface area contributed by atoms with Crippen molar-refractivity contribution in [3.05, 3.63) is 71.3 Å². The highest BCUT2D eigenvalue weighted by Crippen LogP contribution is 2.48. The second-order valence-corrected chi connectivity index (χ2v) is 12.0. The van der Waals surface area contributed by atoms with Gasteiger partial charge in [-0.25, -0.2) is 8.42 Å². The quantitative estimate of drug-likeness (QED) is 0.194. The van der Waals surface area contributed by atoms with Gasteiger partial charge < -0.3 is 33.2 Å². The average molecular weight is 599 g/mol. The molecule has 42 heavy (non-hydrogen) atoms. The van der Waals surface area contributed by atoms with Gasteiger partial charge in [-0.1, -0.05) is 37.3 Å². The Morgan fingerprint density at radius 1 is 0.833 bits per heavy atom. The van der Waals surface area contributed by atoms with Crippen molar-refractivity contribution >= 4 is 16.1 Å². The SMILES string of the molecule is CCCOc1c(OCc2ccccc2)cc(C2CCC(c3cc(OC)c(OC)c(OC)c3)O2)cc1S(=O)(=O)CCC=O. The second-order valence-electron chi connectivity index (χ2n) is 9.89. The predicted octanol–water partition coefficient (Wildman–Crippen LogP) is 6.04. The molecule has 1 heterocycles. The van der Waals surface area contributed by atoms with Gasteiger partial charge in [-0.05, 0) is 60.2 Å². The van der Waals surface area contributed by atoms with Crippen molar-refractivity contribution in [2.75, 3.05) is 33.7 Å². The van der Waals surface area contributed by atoms with Crippen molar-refractivity contribution in [3.63, 3.8) is 0 Å². The minimum atomic E-state index is -3.87. The molecular formula is C32H38O9S. The van der Waals surface area contributed by atoms with E-state index in [9.17, 15) is 13.2 Å². The number of methoxy groups -OCH3 is 3. The monoisotopic (exact) mass is 598 g/mol. The number of ether oxygens (including phenoxy) is 6. The Hall–Kier alpha value is -3.76. The normalized spacial score (nSPS) is 16.6. The number of sulfone groups is 1. The highest BCUT2D eigenvalue weighted by Gasteiger charge is 2.33. The van der Waals surface area contributed by atoms with E-state index >= 15 is 0 Å². The Bertz CT molecular complexity index is 1430. The lowest BCUT2D eigenvalue weighted by Crippen LogP contribution is -2.13. The number of carbonyl (C=O) groups excluding carboxylic acids is 1. The molecule has 9 nitrogen and oxygen atoms in total. The van der Waals surface area contributed by atoms with Gasteiger partial charge in [0, 0.05) is 6.42 Å². The van der Waals surface area contributed by atoms with Crippen LogP contribution < -0.4 is 23.7 Å². The molecule has 0 bridgehead atoms. The topological polar surface area (TPSA) is 107 Å². The number of aldehydes is 1. The highest BCUT2D eigenvalue weighted by molar-refractivity contribution is 7.91. The maximum absolute atomic E-state index is 13.5. The molecule has 4 rings (SSSR count). The summed E-state index contributed by atoms with van der Waals surface area (Å²) in [6, 6.07) is 16.7. The van der Waals surface area contributed by atoms with E-state index in [-0.39, 0.29) is 35.5 Å². The Labute approximate surface area is 247 Å². The second kappa shape index (κ2) is 14.4. The standard InChI is InChI=1S/C32H38O9S/c1-5-15-39-32-29(40-21-22-10-7-6-8-11-22)19-24(20-30(32)42(34,35)16-9-14-33)26-13-12-25(41-26)23-17-27(36-2)31(38-4)28(18-23)37-3/h6-8,10-11,14,17-20,25-26H,5,9,12-13,15-16,21H2,1-4H3. The molecule has 226 valence electrons. The third kappa shape index (κ3) is 7.17. The summed E-state index contributed by atoms with van der Waals surface area (Å²) in [6.45, 7) is 2.47. The van der Waals surface area contributed by atoms with Crippen LogP contribution in [-0.4, -0.2) is 48.4 Å². The number of rotatable bonds is 15. The van der Waals surface area contributed by atoms with Crippen LogP contribution >= 0.6 is 0 Å². The van der Waals surface area contributed by atoms with Crippen LogP contribution in [0.4, 0.5) is 0 Å². The minimum Gasteiger partial charge on any atom is -0.493 e. The first-order valence-electron chi connectivity index (χ1n) is 13.9. The molecule has 0 saturated carbocycles. The predicted molar refractivity (Wildman–Crippen MR) is 158 cm³/mol. The zero-order valence-electron chi connectivity index (χ0n) is 24.5. The van der Waals surface area contributed by atoms with Gasteiger partial charge in [0.15, 0.2) is 32.8 Å². The van der Waals surface area contributed by atoms with Crippen LogP contribution in [0.3, 0.4) is 0 Å². The van der Waals surface area contributed by atoms with Gasteiger partial charge in [-0.2, -0.15) is 0 Å². The maximum atomic E-state index is 13.5. The highest BCUT2D eigenvalue weighted by atomic mass is 32.2. The van der Waals surface area contributed by atoms with Crippen molar-refractivity contribution in [1.29, 1.82) is 0 Å². The van der Waals surface area contributed by atoms with E-state index in [2.05, 4.69) is 0 Å². The largest absolute Gasteiger partial charge is 0.493 e. The third-order valence-corrected chi connectivity index (χ3v) is 8.77. The fourth-order valence-electron chi connectivity index (χ4n) is 4.93. The van der Waals surface area contributed by atoms with Gasteiger partial charge in [0.2, 0.25) is 5.75 Å². The molecule has 1 fully saturated rings. The molecular weight excluding hydrogens is 560 g/mol. The first-order valence-corrected chi connectivity index (χ1v) is 15.6. The van der Waals surface area contributed by atoms with Crippen LogP contribution in [-0.2, 0) is 26.0 Å². The smallest absolute Gasteiger partial charge is 0.203 e. The Balaban J connectivity index is 1.73. The molecule has 0 aliphatic carbocycles. The Morgan fingerprint density at radius 2 is 1.45 bits per heavy atom. The van der Waals surface area contributed by atoms with Crippen LogP contribution in [0.15, 0.2) is 59.5 Å².